The third kappa shape index (κ3) is 3.19. The Kier molecular flexibility index (Phi) is 4.53. The molecule has 110 valence electrons. The number of nitrogens with two attached hydrogens (primary N) is 1. The average molecular weight is 303 g/mol. The van der Waals surface area contributed by atoms with Gasteiger partial charge in [-0.25, -0.2) is 0 Å². The Labute approximate surface area is 130 Å². The van der Waals surface area contributed by atoms with Crippen LogP contribution in [0.5, 0.6) is 0 Å². The zero-order valence-corrected chi connectivity index (χ0v) is 13.2. The number of carbonyl (C=O) groups excluding carboxylic acids is 1. The molecule has 0 unspecified atom stereocenters. The van der Waals surface area contributed by atoms with Gasteiger partial charge in [-0.2, -0.15) is 0 Å². The summed E-state index contributed by atoms with van der Waals surface area (Å²) in [6.07, 6.45) is 0. The highest BCUT2D eigenvalue weighted by Gasteiger charge is 2.16. The number of amides is 1. The molecule has 0 spiro atoms. The van der Waals surface area contributed by atoms with Gasteiger partial charge in [0, 0.05) is 5.69 Å². The van der Waals surface area contributed by atoms with Crippen LogP contribution in [0.1, 0.15) is 41.3 Å². The summed E-state index contributed by atoms with van der Waals surface area (Å²) in [6.45, 7) is 6.16. The Hall–Kier alpha value is -2.00. The highest BCUT2D eigenvalue weighted by molar-refractivity contribution is 6.36. The Balaban J connectivity index is 2.39. The van der Waals surface area contributed by atoms with Gasteiger partial charge in [0.05, 0.1) is 16.3 Å². The van der Waals surface area contributed by atoms with E-state index in [-0.39, 0.29) is 10.9 Å². The van der Waals surface area contributed by atoms with Crippen molar-refractivity contribution in [2.75, 3.05) is 11.1 Å². The summed E-state index contributed by atoms with van der Waals surface area (Å²) in [4.78, 5) is 12.5. The number of rotatable bonds is 3. The molecule has 21 heavy (non-hydrogen) atoms. The molecule has 0 saturated heterocycles. The first-order valence-electron chi connectivity index (χ1n) is 6.86. The van der Waals surface area contributed by atoms with Crippen LogP contribution in [-0.4, -0.2) is 5.91 Å². The molecular weight excluding hydrogens is 284 g/mol. The quantitative estimate of drug-likeness (QED) is 0.814. The van der Waals surface area contributed by atoms with E-state index < -0.39 is 0 Å². The molecule has 0 aliphatic carbocycles. The number of carbonyl (C=O) groups is 1. The predicted octanol–water partition coefficient (Wildman–Crippen LogP) is 4.61. The van der Waals surface area contributed by atoms with E-state index in [9.17, 15) is 4.79 Å². The van der Waals surface area contributed by atoms with E-state index in [4.69, 9.17) is 17.3 Å². The molecule has 0 bridgehead atoms. The maximum Gasteiger partial charge on any atom is 0.257 e. The number of nitrogens with one attached hydrogen (secondary N) is 1. The molecule has 0 aromatic heterocycles. The van der Waals surface area contributed by atoms with Gasteiger partial charge in [-0.1, -0.05) is 49.7 Å². The van der Waals surface area contributed by atoms with Crippen molar-refractivity contribution in [2.45, 2.75) is 26.7 Å². The molecule has 4 heteroatoms. The fourth-order valence-electron chi connectivity index (χ4n) is 2.25. The van der Waals surface area contributed by atoms with Gasteiger partial charge in [0.25, 0.3) is 5.91 Å². The molecule has 2 aromatic carbocycles. The van der Waals surface area contributed by atoms with E-state index in [1.807, 2.05) is 25.1 Å². The van der Waals surface area contributed by atoms with Gasteiger partial charge in [-0.3, -0.25) is 4.79 Å². The average Bonchev–Trinajstić information content (AvgIpc) is 2.43. The highest BCUT2D eigenvalue weighted by Crippen LogP contribution is 2.29. The molecule has 0 fully saturated rings. The van der Waals surface area contributed by atoms with E-state index in [1.165, 1.54) is 0 Å². The third-order valence-electron chi connectivity index (χ3n) is 3.44. The number of benzene rings is 2. The maximum atomic E-state index is 12.5. The third-order valence-corrected chi connectivity index (χ3v) is 3.86. The van der Waals surface area contributed by atoms with Crippen LogP contribution < -0.4 is 11.1 Å². The lowest BCUT2D eigenvalue weighted by Gasteiger charge is -2.17. The molecule has 0 radical (unpaired) electrons. The summed E-state index contributed by atoms with van der Waals surface area (Å²) < 4.78 is 0. The lowest BCUT2D eigenvalue weighted by Crippen LogP contribution is -2.15. The van der Waals surface area contributed by atoms with E-state index >= 15 is 0 Å². The van der Waals surface area contributed by atoms with Crippen molar-refractivity contribution in [3.05, 3.63) is 58.1 Å². The maximum absolute atomic E-state index is 12.5. The number of hydrogen-bond acceptors (Lipinski definition) is 2. The first-order valence-corrected chi connectivity index (χ1v) is 7.24. The summed E-state index contributed by atoms with van der Waals surface area (Å²) in [5.41, 5.74) is 9.50. The summed E-state index contributed by atoms with van der Waals surface area (Å²) in [7, 11) is 0. The van der Waals surface area contributed by atoms with Gasteiger partial charge >= 0.3 is 0 Å². The van der Waals surface area contributed by atoms with Crippen LogP contribution >= 0.6 is 11.6 Å². The predicted molar refractivity (Wildman–Crippen MR) is 89.1 cm³/mol. The number of aryl methyl sites for hydroxylation is 1. The van der Waals surface area contributed by atoms with Crippen molar-refractivity contribution in [2.24, 2.45) is 0 Å². The summed E-state index contributed by atoms with van der Waals surface area (Å²) >= 11 is 6.11. The Morgan fingerprint density at radius 3 is 2.52 bits per heavy atom. The van der Waals surface area contributed by atoms with E-state index in [1.54, 1.807) is 18.2 Å². The minimum atomic E-state index is -0.247. The molecule has 0 aliphatic rings. The van der Waals surface area contributed by atoms with Crippen LogP contribution in [0, 0.1) is 6.92 Å². The van der Waals surface area contributed by atoms with Crippen molar-refractivity contribution in [3.8, 4) is 0 Å². The second-order valence-corrected chi connectivity index (χ2v) is 5.73. The van der Waals surface area contributed by atoms with Crippen molar-refractivity contribution in [1.82, 2.24) is 0 Å². The highest BCUT2D eigenvalue weighted by atomic mass is 35.5. The molecule has 0 aliphatic heterocycles. The van der Waals surface area contributed by atoms with Crippen LogP contribution in [0.4, 0.5) is 11.4 Å². The first kappa shape index (κ1) is 15.4. The summed E-state index contributed by atoms with van der Waals surface area (Å²) in [6, 6.07) is 11.1. The summed E-state index contributed by atoms with van der Waals surface area (Å²) in [5, 5.41) is 3.25. The first-order chi connectivity index (χ1) is 9.91. The van der Waals surface area contributed by atoms with Crippen molar-refractivity contribution in [3.63, 3.8) is 0 Å². The van der Waals surface area contributed by atoms with Crippen LogP contribution in [0.25, 0.3) is 0 Å². The summed E-state index contributed by atoms with van der Waals surface area (Å²) in [5.74, 6) is 0.0695. The Morgan fingerprint density at radius 2 is 1.86 bits per heavy atom. The zero-order chi connectivity index (χ0) is 15.6. The molecule has 0 saturated carbocycles. The number of nitrogen functional groups attached to an aromatic ring is 1. The smallest absolute Gasteiger partial charge is 0.257 e. The lowest BCUT2D eigenvalue weighted by molar-refractivity contribution is 0.102. The fourth-order valence-corrected chi connectivity index (χ4v) is 2.46. The normalized spacial score (nSPS) is 10.7. The monoisotopic (exact) mass is 302 g/mol. The van der Waals surface area contributed by atoms with Gasteiger partial charge in [-0.05, 0) is 36.1 Å². The van der Waals surface area contributed by atoms with Crippen LogP contribution in [0.3, 0.4) is 0 Å². The van der Waals surface area contributed by atoms with Gasteiger partial charge in [0.2, 0.25) is 0 Å². The molecule has 2 aromatic rings. The number of halogens is 1. The molecule has 3 nitrogen and oxygen atoms in total. The largest absolute Gasteiger partial charge is 0.398 e. The van der Waals surface area contributed by atoms with Crippen molar-refractivity contribution < 1.29 is 4.79 Å². The standard InChI is InChI=1S/C17H19ClN2O/c1-10(2)12-7-4-6-11(3)16(12)20-17(21)13-8-5-9-14(19)15(13)18/h4-10H,19H2,1-3H3,(H,20,21). The topological polar surface area (TPSA) is 55.1 Å². The Bertz CT molecular complexity index is 680. The van der Waals surface area contributed by atoms with Gasteiger partial charge < -0.3 is 11.1 Å². The molecular formula is C17H19ClN2O. The van der Waals surface area contributed by atoms with E-state index in [2.05, 4.69) is 19.2 Å². The fraction of sp³-hybridized carbons (Fsp3) is 0.235. The van der Waals surface area contributed by atoms with Crippen LogP contribution in [0.15, 0.2) is 36.4 Å². The minimum absolute atomic E-state index is 0.247. The number of anilines is 2. The zero-order valence-electron chi connectivity index (χ0n) is 12.4. The van der Waals surface area contributed by atoms with Gasteiger partial charge in [-0.15, -0.1) is 0 Å². The SMILES string of the molecule is Cc1cccc(C(C)C)c1NC(=O)c1cccc(N)c1Cl. The Morgan fingerprint density at radius 1 is 1.19 bits per heavy atom. The lowest BCUT2D eigenvalue weighted by atomic mass is 9.98. The van der Waals surface area contributed by atoms with Crippen LogP contribution in [0.2, 0.25) is 5.02 Å². The molecule has 0 atom stereocenters. The molecule has 1 amide bonds. The second-order valence-electron chi connectivity index (χ2n) is 5.36. The van der Waals surface area contributed by atoms with Gasteiger partial charge in [0.1, 0.15) is 0 Å². The molecule has 3 N–H and O–H groups in total. The van der Waals surface area contributed by atoms with Crippen LogP contribution in [-0.2, 0) is 0 Å². The van der Waals surface area contributed by atoms with E-state index in [0.29, 0.717) is 17.2 Å². The van der Waals surface area contributed by atoms with Crippen molar-refractivity contribution in [1.29, 1.82) is 0 Å². The molecule has 0 heterocycles. The van der Waals surface area contributed by atoms with Crippen molar-refractivity contribution >= 4 is 28.9 Å². The van der Waals surface area contributed by atoms with Gasteiger partial charge in [0.15, 0.2) is 0 Å². The van der Waals surface area contributed by atoms with E-state index in [0.717, 1.165) is 16.8 Å². The molecule has 2 rings (SSSR count). The minimum Gasteiger partial charge on any atom is -0.398 e. The number of hydrogen-bond donors (Lipinski definition) is 2. The number of para-hydroxylation sites is 1. The second kappa shape index (κ2) is 6.19.